The van der Waals surface area contributed by atoms with Crippen LogP contribution in [0.1, 0.15) is 48.0 Å². The summed E-state index contributed by atoms with van der Waals surface area (Å²) >= 11 is 0. The Bertz CT molecular complexity index is 1110. The van der Waals surface area contributed by atoms with Gasteiger partial charge in [-0.05, 0) is 56.6 Å². The van der Waals surface area contributed by atoms with Gasteiger partial charge >= 0.3 is 6.18 Å². The Labute approximate surface area is 199 Å². The van der Waals surface area contributed by atoms with Gasteiger partial charge in [-0.2, -0.15) is 18.2 Å². The molecule has 1 aromatic carbocycles. The summed E-state index contributed by atoms with van der Waals surface area (Å²) in [5, 5.41) is 2.45. The maximum atomic E-state index is 14.8. The van der Waals surface area contributed by atoms with Gasteiger partial charge in [-0.15, -0.1) is 0 Å². The first-order valence-electron chi connectivity index (χ1n) is 11.6. The molecule has 1 unspecified atom stereocenters. The Morgan fingerprint density at radius 2 is 1.94 bits per heavy atom. The van der Waals surface area contributed by atoms with E-state index < -0.39 is 41.4 Å². The van der Waals surface area contributed by atoms with E-state index in [9.17, 15) is 22.4 Å². The Balaban J connectivity index is 1.32. The summed E-state index contributed by atoms with van der Waals surface area (Å²) in [5.74, 6) is -0.670. The van der Waals surface area contributed by atoms with Crippen molar-refractivity contribution in [2.45, 2.75) is 57.4 Å². The van der Waals surface area contributed by atoms with Crippen molar-refractivity contribution in [3.63, 3.8) is 0 Å². The van der Waals surface area contributed by atoms with Gasteiger partial charge < -0.3 is 24.1 Å². The number of halogens is 4. The van der Waals surface area contributed by atoms with Gasteiger partial charge in [0.2, 0.25) is 0 Å². The summed E-state index contributed by atoms with van der Waals surface area (Å²) in [6.45, 7) is 4.20. The summed E-state index contributed by atoms with van der Waals surface area (Å²) in [5.41, 5.74) is -0.396. The summed E-state index contributed by atoms with van der Waals surface area (Å²) < 4.78 is 70.7. The van der Waals surface area contributed by atoms with Gasteiger partial charge in [0, 0.05) is 18.9 Å². The average molecular weight is 497 g/mol. The van der Waals surface area contributed by atoms with Gasteiger partial charge in [-0.3, -0.25) is 4.79 Å². The second-order valence-electron chi connectivity index (χ2n) is 10.1. The molecule has 3 fully saturated rings. The van der Waals surface area contributed by atoms with E-state index in [2.05, 4.69) is 10.3 Å². The number of methoxy groups -OCH3 is 1. The third kappa shape index (κ3) is 4.96. The van der Waals surface area contributed by atoms with E-state index in [4.69, 9.17) is 13.9 Å². The van der Waals surface area contributed by atoms with Crippen molar-refractivity contribution in [1.29, 1.82) is 0 Å². The number of oxazole rings is 1. The Hall–Kier alpha value is -2.82. The van der Waals surface area contributed by atoms with Gasteiger partial charge in [-0.25, -0.2) is 4.39 Å². The average Bonchev–Trinajstić information content (AvgIpc) is 3.14. The molecule has 35 heavy (non-hydrogen) atoms. The number of carbonyl (C=O) groups excluding carboxylic acids is 1. The molecule has 1 aliphatic heterocycles. The molecule has 0 spiro atoms. The van der Waals surface area contributed by atoms with Crippen LogP contribution >= 0.6 is 0 Å². The Morgan fingerprint density at radius 1 is 1.26 bits per heavy atom. The first-order valence-corrected chi connectivity index (χ1v) is 11.6. The van der Waals surface area contributed by atoms with E-state index in [1.807, 2.05) is 6.92 Å². The van der Waals surface area contributed by atoms with Crippen molar-refractivity contribution in [3.8, 4) is 5.75 Å². The van der Waals surface area contributed by atoms with Crippen LogP contribution in [0.4, 0.5) is 29.3 Å². The fourth-order valence-electron chi connectivity index (χ4n) is 5.04. The minimum absolute atomic E-state index is 0.0210. The zero-order valence-electron chi connectivity index (χ0n) is 19.7. The fourth-order valence-corrected chi connectivity index (χ4v) is 5.04. The van der Waals surface area contributed by atoms with Gasteiger partial charge in [0.15, 0.2) is 17.3 Å². The minimum atomic E-state index is -4.61. The standard InChI is InChI=1S/C24H27F4N3O4/c1-12-4-15(8-17(25)20(12)34-16-6-13-5-14(13)7-16)29-21(32)19-18(9-24(26,27)28)35-22(30-19)31-10-23(2,11-31)33-3/h4,8,13-14,16H,5-7,9-11H2,1-3H3,(H,29,32)/t13-,14+,16?. The monoisotopic (exact) mass is 497 g/mol. The van der Waals surface area contributed by atoms with Crippen molar-refractivity contribution in [3.05, 3.63) is 35.0 Å². The van der Waals surface area contributed by atoms with Gasteiger partial charge in [0.1, 0.15) is 17.8 Å². The predicted molar refractivity (Wildman–Crippen MR) is 118 cm³/mol. The van der Waals surface area contributed by atoms with Crippen LogP contribution in [-0.4, -0.2) is 49.0 Å². The molecule has 7 nitrogen and oxygen atoms in total. The van der Waals surface area contributed by atoms with E-state index in [0.29, 0.717) is 30.5 Å². The number of amides is 1. The molecule has 5 rings (SSSR count). The molecular weight excluding hydrogens is 470 g/mol. The second-order valence-corrected chi connectivity index (χ2v) is 10.1. The molecule has 11 heteroatoms. The Kier molecular flexibility index (Phi) is 5.73. The highest BCUT2D eigenvalue weighted by Gasteiger charge is 2.47. The molecule has 0 radical (unpaired) electrons. The number of benzene rings is 1. The van der Waals surface area contributed by atoms with E-state index in [1.165, 1.54) is 19.6 Å². The van der Waals surface area contributed by atoms with Crippen LogP contribution in [0.5, 0.6) is 5.75 Å². The lowest BCUT2D eigenvalue weighted by Gasteiger charge is -2.45. The van der Waals surface area contributed by atoms with Crippen LogP contribution < -0.4 is 15.0 Å². The molecule has 1 N–H and O–H groups in total. The molecule has 1 aromatic heterocycles. The zero-order chi connectivity index (χ0) is 25.1. The fraction of sp³-hybridized carbons (Fsp3) is 0.583. The van der Waals surface area contributed by atoms with Crippen LogP contribution in [0.15, 0.2) is 16.5 Å². The smallest absolute Gasteiger partial charge is 0.396 e. The van der Waals surface area contributed by atoms with E-state index in [-0.39, 0.29) is 23.6 Å². The number of hydrogen-bond donors (Lipinski definition) is 1. The minimum Gasteiger partial charge on any atom is -0.487 e. The van der Waals surface area contributed by atoms with Gasteiger partial charge in [-0.1, -0.05) is 0 Å². The summed E-state index contributed by atoms with van der Waals surface area (Å²) in [4.78, 5) is 18.5. The molecule has 3 atom stereocenters. The maximum Gasteiger partial charge on any atom is 0.396 e. The molecule has 2 saturated carbocycles. The van der Waals surface area contributed by atoms with Crippen LogP contribution in [0.3, 0.4) is 0 Å². The predicted octanol–water partition coefficient (Wildman–Crippen LogP) is 4.88. The highest BCUT2D eigenvalue weighted by Crippen LogP contribution is 2.52. The van der Waals surface area contributed by atoms with Gasteiger partial charge in [0.25, 0.3) is 11.9 Å². The van der Waals surface area contributed by atoms with E-state index in [0.717, 1.165) is 18.9 Å². The zero-order valence-corrected chi connectivity index (χ0v) is 19.7. The number of nitrogens with one attached hydrogen (secondary N) is 1. The third-order valence-corrected chi connectivity index (χ3v) is 7.05. The number of nitrogens with zero attached hydrogens (tertiary/aromatic N) is 2. The van der Waals surface area contributed by atoms with Crippen LogP contribution in [0.25, 0.3) is 0 Å². The molecule has 2 aliphatic carbocycles. The number of ether oxygens (including phenoxy) is 2. The molecule has 2 heterocycles. The first-order chi connectivity index (χ1) is 16.4. The van der Waals surface area contributed by atoms with Crippen molar-refractivity contribution < 1.29 is 36.2 Å². The molecule has 0 bridgehead atoms. The molecule has 1 amide bonds. The van der Waals surface area contributed by atoms with Crippen molar-refractivity contribution in [2.75, 3.05) is 30.4 Å². The highest BCUT2D eigenvalue weighted by molar-refractivity contribution is 6.04. The topological polar surface area (TPSA) is 76.8 Å². The van der Waals surface area contributed by atoms with Crippen LogP contribution in [-0.2, 0) is 11.2 Å². The maximum absolute atomic E-state index is 14.8. The number of fused-ring (bicyclic) bond motifs is 1. The number of alkyl halides is 3. The van der Waals surface area contributed by atoms with E-state index >= 15 is 0 Å². The SMILES string of the molecule is COC1(C)CN(c2nc(C(=O)Nc3cc(C)c(OC4C[C@@H]5C[C@@H]5C4)c(F)c3)c(CC(F)(F)F)o2)C1. The van der Waals surface area contributed by atoms with Crippen molar-refractivity contribution in [1.82, 2.24) is 4.98 Å². The Morgan fingerprint density at radius 3 is 2.54 bits per heavy atom. The number of carbonyl (C=O) groups is 1. The number of hydrogen-bond acceptors (Lipinski definition) is 6. The number of aryl methyl sites for hydroxylation is 1. The lowest BCUT2D eigenvalue weighted by molar-refractivity contribution is -0.130. The summed E-state index contributed by atoms with van der Waals surface area (Å²) in [6, 6.07) is 2.53. The van der Waals surface area contributed by atoms with Crippen molar-refractivity contribution >= 4 is 17.6 Å². The third-order valence-electron chi connectivity index (χ3n) is 7.05. The van der Waals surface area contributed by atoms with Crippen molar-refractivity contribution in [2.24, 2.45) is 11.8 Å². The second kappa shape index (κ2) is 8.39. The molecule has 3 aliphatic rings. The van der Waals surface area contributed by atoms with Crippen LogP contribution in [0, 0.1) is 24.6 Å². The summed E-state index contributed by atoms with van der Waals surface area (Å²) in [6.07, 6.45) is -3.03. The van der Waals surface area contributed by atoms with E-state index in [1.54, 1.807) is 11.8 Å². The number of rotatable bonds is 7. The summed E-state index contributed by atoms with van der Waals surface area (Å²) in [7, 11) is 1.54. The highest BCUT2D eigenvalue weighted by atomic mass is 19.4. The largest absolute Gasteiger partial charge is 0.487 e. The molecule has 2 aromatic rings. The quantitative estimate of drug-likeness (QED) is 0.550. The normalized spacial score (nSPS) is 24.7. The molecule has 1 saturated heterocycles. The lowest BCUT2D eigenvalue weighted by Crippen LogP contribution is -2.61. The number of anilines is 2. The van der Waals surface area contributed by atoms with Crippen LogP contribution in [0.2, 0.25) is 0 Å². The lowest BCUT2D eigenvalue weighted by atomic mass is 9.97. The first kappa shape index (κ1) is 23.9. The van der Waals surface area contributed by atoms with Gasteiger partial charge in [0.05, 0.1) is 19.2 Å². The number of aromatic nitrogens is 1. The molecular formula is C24H27F4N3O4. The molecule has 190 valence electrons.